The third-order valence-electron chi connectivity index (χ3n) is 4.61. The van der Waals surface area contributed by atoms with Gasteiger partial charge >= 0.3 is 0 Å². The van der Waals surface area contributed by atoms with Crippen LogP contribution in [0.25, 0.3) is 0 Å². The number of thiazole rings is 1. The van der Waals surface area contributed by atoms with Crippen LogP contribution in [0.2, 0.25) is 0 Å². The number of nitrogens with one attached hydrogen (secondary N) is 3. The molecule has 0 bridgehead atoms. The number of hydrazine groups is 1. The Hall–Kier alpha value is -1.96. The summed E-state index contributed by atoms with van der Waals surface area (Å²) >= 11 is 1.49. The maximum Gasteiger partial charge on any atom is 0.263 e. The average molecular weight is 375 g/mol. The average Bonchev–Trinajstić information content (AvgIpc) is 3.26. The molecular weight excluding hydrogens is 348 g/mol. The van der Waals surface area contributed by atoms with Crippen molar-refractivity contribution in [2.75, 3.05) is 20.2 Å². The maximum absolute atomic E-state index is 12.6. The summed E-state index contributed by atoms with van der Waals surface area (Å²) in [6.07, 6.45) is 0. The number of nitrogens with zero attached hydrogens (tertiary/aromatic N) is 1. The van der Waals surface area contributed by atoms with Crippen molar-refractivity contribution < 1.29 is 9.53 Å². The molecule has 0 radical (unpaired) electrons. The van der Waals surface area contributed by atoms with Gasteiger partial charge in [-0.1, -0.05) is 26.0 Å². The van der Waals surface area contributed by atoms with Gasteiger partial charge in [0.1, 0.15) is 10.6 Å². The van der Waals surface area contributed by atoms with Crippen LogP contribution in [0.4, 0.5) is 0 Å². The van der Waals surface area contributed by atoms with Crippen LogP contribution in [0, 0.1) is 12.8 Å². The highest BCUT2D eigenvalue weighted by Gasteiger charge is 2.29. The minimum absolute atomic E-state index is 0.0349. The van der Waals surface area contributed by atoms with Crippen LogP contribution in [-0.4, -0.2) is 31.1 Å². The summed E-state index contributed by atoms with van der Waals surface area (Å²) in [6, 6.07) is 8.18. The lowest BCUT2D eigenvalue weighted by Gasteiger charge is -2.19. The monoisotopic (exact) mass is 374 g/mol. The summed E-state index contributed by atoms with van der Waals surface area (Å²) in [6.45, 7) is 7.49. The van der Waals surface area contributed by atoms with Crippen LogP contribution in [0.5, 0.6) is 5.75 Å². The Morgan fingerprint density at radius 3 is 2.73 bits per heavy atom. The van der Waals surface area contributed by atoms with Gasteiger partial charge in [0, 0.05) is 24.9 Å². The quantitative estimate of drug-likeness (QED) is 0.725. The van der Waals surface area contributed by atoms with Crippen LogP contribution < -0.4 is 20.9 Å². The lowest BCUT2D eigenvalue weighted by molar-refractivity contribution is 0.0950. The van der Waals surface area contributed by atoms with Crippen LogP contribution in [0.1, 0.15) is 51.7 Å². The van der Waals surface area contributed by atoms with E-state index in [9.17, 15) is 4.79 Å². The fraction of sp³-hybridized carbons (Fsp3) is 0.474. The number of rotatable bonds is 6. The highest BCUT2D eigenvalue weighted by Crippen LogP contribution is 2.27. The van der Waals surface area contributed by atoms with Crippen molar-refractivity contribution in [2.24, 2.45) is 5.92 Å². The standard InChI is InChI=1S/C19H26N4O2S/c1-11(2)19-22-12(3)17(26-19)18(24)20-9-14-10-21-23-16(14)13-5-7-15(25-4)8-6-13/h5-8,11,14,16,21,23H,9-10H2,1-4H3,(H,20,24). The lowest BCUT2D eigenvalue weighted by atomic mass is 9.95. The summed E-state index contributed by atoms with van der Waals surface area (Å²) in [7, 11) is 1.66. The first-order chi connectivity index (χ1) is 12.5. The van der Waals surface area contributed by atoms with E-state index in [0.29, 0.717) is 17.3 Å². The van der Waals surface area contributed by atoms with E-state index in [1.807, 2.05) is 19.1 Å². The zero-order valence-electron chi connectivity index (χ0n) is 15.6. The molecule has 26 heavy (non-hydrogen) atoms. The van der Waals surface area contributed by atoms with Crippen molar-refractivity contribution in [1.29, 1.82) is 0 Å². The Morgan fingerprint density at radius 2 is 2.12 bits per heavy atom. The molecule has 1 saturated heterocycles. The number of methoxy groups -OCH3 is 1. The molecular formula is C19H26N4O2S. The number of hydrogen-bond donors (Lipinski definition) is 3. The molecule has 0 aliphatic carbocycles. The first-order valence-electron chi connectivity index (χ1n) is 8.87. The zero-order valence-corrected chi connectivity index (χ0v) is 16.4. The smallest absolute Gasteiger partial charge is 0.263 e. The van der Waals surface area contributed by atoms with E-state index in [4.69, 9.17) is 4.74 Å². The highest BCUT2D eigenvalue weighted by molar-refractivity contribution is 7.13. The SMILES string of the molecule is COc1ccc(C2NNCC2CNC(=O)c2sc(C(C)C)nc2C)cc1. The van der Waals surface area contributed by atoms with E-state index >= 15 is 0 Å². The topological polar surface area (TPSA) is 75.3 Å². The summed E-state index contributed by atoms with van der Waals surface area (Å²) in [5.74, 6) is 1.41. The normalized spacial score (nSPS) is 19.7. The van der Waals surface area contributed by atoms with Crippen LogP contribution in [0.15, 0.2) is 24.3 Å². The van der Waals surface area contributed by atoms with Gasteiger partial charge in [0.25, 0.3) is 5.91 Å². The molecule has 1 aliphatic heterocycles. The second-order valence-corrected chi connectivity index (χ2v) is 7.90. The molecule has 1 aliphatic rings. The van der Waals surface area contributed by atoms with Crippen molar-refractivity contribution in [2.45, 2.75) is 32.7 Å². The number of carbonyl (C=O) groups is 1. The predicted octanol–water partition coefficient (Wildman–Crippen LogP) is 2.78. The first kappa shape index (κ1) is 18.8. The third-order valence-corrected chi connectivity index (χ3v) is 6.06. The minimum Gasteiger partial charge on any atom is -0.497 e. The molecule has 1 fully saturated rings. The predicted molar refractivity (Wildman–Crippen MR) is 104 cm³/mol. The number of ether oxygens (including phenoxy) is 1. The second kappa shape index (κ2) is 8.16. The van der Waals surface area contributed by atoms with E-state index in [1.165, 1.54) is 16.9 Å². The van der Waals surface area contributed by atoms with Gasteiger partial charge in [0.05, 0.1) is 23.9 Å². The molecule has 0 saturated carbocycles. The molecule has 3 rings (SSSR count). The summed E-state index contributed by atoms with van der Waals surface area (Å²) in [4.78, 5) is 17.8. The lowest BCUT2D eigenvalue weighted by Crippen LogP contribution is -2.32. The number of hydrogen-bond acceptors (Lipinski definition) is 6. The van der Waals surface area contributed by atoms with E-state index in [2.05, 4.69) is 47.1 Å². The largest absolute Gasteiger partial charge is 0.497 e. The van der Waals surface area contributed by atoms with Gasteiger partial charge < -0.3 is 10.1 Å². The van der Waals surface area contributed by atoms with Gasteiger partial charge in [0.15, 0.2) is 0 Å². The molecule has 140 valence electrons. The molecule has 2 atom stereocenters. The molecule has 1 aromatic carbocycles. The van der Waals surface area contributed by atoms with Crippen molar-refractivity contribution in [3.63, 3.8) is 0 Å². The summed E-state index contributed by atoms with van der Waals surface area (Å²) in [5, 5.41) is 4.09. The number of carbonyl (C=O) groups excluding carboxylic acids is 1. The first-order valence-corrected chi connectivity index (χ1v) is 9.69. The maximum atomic E-state index is 12.6. The fourth-order valence-corrected chi connectivity index (χ4v) is 4.06. The number of amides is 1. The van der Waals surface area contributed by atoms with Gasteiger partial charge in [-0.3, -0.25) is 10.2 Å². The number of aryl methyl sites for hydroxylation is 1. The Kier molecular flexibility index (Phi) is 5.90. The molecule has 3 N–H and O–H groups in total. The zero-order chi connectivity index (χ0) is 18.7. The molecule has 2 unspecified atom stereocenters. The summed E-state index contributed by atoms with van der Waals surface area (Å²) in [5.41, 5.74) is 8.49. The van der Waals surface area contributed by atoms with E-state index in [-0.39, 0.29) is 17.9 Å². The van der Waals surface area contributed by atoms with Gasteiger partial charge in [-0.2, -0.15) is 0 Å². The molecule has 2 aromatic rings. The molecule has 1 amide bonds. The van der Waals surface area contributed by atoms with Crippen molar-refractivity contribution >= 4 is 17.2 Å². The van der Waals surface area contributed by atoms with Gasteiger partial charge in [-0.25, -0.2) is 10.4 Å². The highest BCUT2D eigenvalue weighted by atomic mass is 32.1. The molecule has 0 spiro atoms. The van der Waals surface area contributed by atoms with Crippen molar-refractivity contribution in [3.05, 3.63) is 45.4 Å². The van der Waals surface area contributed by atoms with Gasteiger partial charge in [0.2, 0.25) is 0 Å². The molecule has 7 heteroatoms. The number of aromatic nitrogens is 1. The van der Waals surface area contributed by atoms with Crippen LogP contribution >= 0.6 is 11.3 Å². The Labute approximate surface area is 158 Å². The van der Waals surface area contributed by atoms with E-state index in [1.54, 1.807) is 7.11 Å². The minimum atomic E-state index is -0.0349. The van der Waals surface area contributed by atoms with Crippen LogP contribution in [-0.2, 0) is 0 Å². The second-order valence-electron chi connectivity index (χ2n) is 6.87. The van der Waals surface area contributed by atoms with Crippen molar-refractivity contribution in [1.82, 2.24) is 21.2 Å². The Morgan fingerprint density at radius 1 is 1.38 bits per heavy atom. The van der Waals surface area contributed by atoms with Crippen molar-refractivity contribution in [3.8, 4) is 5.75 Å². The number of benzene rings is 1. The fourth-order valence-electron chi connectivity index (χ4n) is 3.07. The molecule has 2 heterocycles. The Balaban J connectivity index is 1.63. The van der Waals surface area contributed by atoms with Crippen LogP contribution in [0.3, 0.4) is 0 Å². The van der Waals surface area contributed by atoms with Gasteiger partial charge in [-0.15, -0.1) is 11.3 Å². The van der Waals surface area contributed by atoms with E-state index in [0.717, 1.165) is 23.0 Å². The Bertz CT molecular complexity index is 757. The molecule has 6 nitrogen and oxygen atoms in total. The van der Waals surface area contributed by atoms with E-state index < -0.39 is 0 Å². The van der Waals surface area contributed by atoms with Gasteiger partial charge in [-0.05, 0) is 24.6 Å². The molecule has 1 aromatic heterocycles. The third kappa shape index (κ3) is 4.06. The summed E-state index contributed by atoms with van der Waals surface area (Å²) < 4.78 is 5.22.